The lowest BCUT2D eigenvalue weighted by atomic mass is 10.1. The molecule has 4 heterocycles. The highest BCUT2D eigenvalue weighted by Gasteiger charge is 2.38. The summed E-state index contributed by atoms with van der Waals surface area (Å²) in [4.78, 5) is 32.0. The summed E-state index contributed by atoms with van der Waals surface area (Å²) in [6.45, 7) is 5.74. The first-order chi connectivity index (χ1) is 17.6. The third-order valence-corrected chi connectivity index (χ3v) is 7.55. The summed E-state index contributed by atoms with van der Waals surface area (Å²) in [5, 5.41) is 3.61. The number of morpholine rings is 2. The predicted octanol–water partition coefficient (Wildman–Crippen LogP) is 3.03. The molecule has 0 unspecified atom stereocenters. The molecule has 0 spiro atoms. The smallest absolute Gasteiger partial charge is 0.251 e. The third-order valence-electron chi connectivity index (χ3n) is 7.55. The van der Waals surface area contributed by atoms with Gasteiger partial charge in [-0.2, -0.15) is 9.97 Å². The van der Waals surface area contributed by atoms with Crippen molar-refractivity contribution in [2.75, 3.05) is 49.8 Å². The van der Waals surface area contributed by atoms with Crippen molar-refractivity contribution in [3.8, 4) is 11.3 Å². The average molecular weight is 489 g/mol. The van der Waals surface area contributed by atoms with Gasteiger partial charge in [0.2, 0.25) is 5.95 Å². The monoisotopic (exact) mass is 488 g/mol. The van der Waals surface area contributed by atoms with Crippen LogP contribution in [0, 0.1) is 0 Å². The molecule has 2 saturated heterocycles. The van der Waals surface area contributed by atoms with Gasteiger partial charge in [0.15, 0.2) is 5.65 Å². The number of nitrogens with one attached hydrogen (secondary N) is 1. The summed E-state index contributed by atoms with van der Waals surface area (Å²) in [7, 11) is 1.64. The highest BCUT2D eigenvalue weighted by molar-refractivity contribution is 5.95. The Morgan fingerprint density at radius 3 is 2.81 bits per heavy atom. The first-order valence-electron chi connectivity index (χ1n) is 12.9. The summed E-state index contributed by atoms with van der Waals surface area (Å²) in [5.74, 6) is 1.51. The molecule has 1 saturated carbocycles. The molecule has 3 atom stereocenters. The number of pyridine rings is 1. The van der Waals surface area contributed by atoms with Gasteiger partial charge in [-0.1, -0.05) is 12.1 Å². The van der Waals surface area contributed by atoms with E-state index in [2.05, 4.69) is 28.1 Å². The van der Waals surface area contributed by atoms with E-state index < -0.39 is 0 Å². The van der Waals surface area contributed by atoms with Gasteiger partial charge in [-0.05, 0) is 50.5 Å². The van der Waals surface area contributed by atoms with Crippen LogP contribution in [0.4, 0.5) is 11.8 Å². The highest BCUT2D eigenvalue weighted by atomic mass is 16.5. The van der Waals surface area contributed by atoms with Gasteiger partial charge in [-0.15, -0.1) is 0 Å². The lowest BCUT2D eigenvalue weighted by Gasteiger charge is -2.39. The van der Waals surface area contributed by atoms with Crippen LogP contribution in [0.25, 0.3) is 22.3 Å². The van der Waals surface area contributed by atoms with Crippen molar-refractivity contribution in [2.45, 2.75) is 44.4 Å². The molecule has 3 fully saturated rings. The van der Waals surface area contributed by atoms with Crippen molar-refractivity contribution in [1.82, 2.24) is 20.3 Å². The number of carbonyl (C=O) groups is 1. The van der Waals surface area contributed by atoms with Crippen LogP contribution in [0.5, 0.6) is 0 Å². The third kappa shape index (κ3) is 4.16. The van der Waals surface area contributed by atoms with Crippen LogP contribution in [0.2, 0.25) is 0 Å². The van der Waals surface area contributed by atoms with Crippen LogP contribution >= 0.6 is 0 Å². The molecular weight excluding hydrogens is 456 g/mol. The van der Waals surface area contributed by atoms with Crippen molar-refractivity contribution >= 4 is 28.7 Å². The fraction of sp³-hybridized carbons (Fsp3) is 0.481. The fourth-order valence-corrected chi connectivity index (χ4v) is 5.67. The number of hydrogen-bond acceptors (Lipinski definition) is 8. The summed E-state index contributed by atoms with van der Waals surface area (Å²) in [5.41, 5.74) is 2.92. The zero-order chi connectivity index (χ0) is 24.6. The van der Waals surface area contributed by atoms with E-state index in [4.69, 9.17) is 24.4 Å². The molecule has 2 aromatic heterocycles. The number of benzene rings is 1. The summed E-state index contributed by atoms with van der Waals surface area (Å²) < 4.78 is 11.8. The van der Waals surface area contributed by atoms with Crippen molar-refractivity contribution in [1.29, 1.82) is 0 Å². The van der Waals surface area contributed by atoms with Gasteiger partial charge in [0.05, 0.1) is 49.1 Å². The van der Waals surface area contributed by atoms with Crippen LogP contribution in [0.3, 0.4) is 0 Å². The number of fused-ring (bicyclic) bond motifs is 2. The van der Waals surface area contributed by atoms with Gasteiger partial charge in [0.1, 0.15) is 5.82 Å². The number of ether oxygens (including phenoxy) is 2. The topological polar surface area (TPSA) is 92.7 Å². The molecule has 188 valence electrons. The van der Waals surface area contributed by atoms with Crippen molar-refractivity contribution in [3.63, 3.8) is 0 Å². The first-order valence-corrected chi connectivity index (χ1v) is 12.9. The number of carbonyl (C=O) groups excluding carboxylic acids is 1. The zero-order valence-electron chi connectivity index (χ0n) is 20.8. The highest BCUT2D eigenvalue weighted by Crippen LogP contribution is 2.35. The molecule has 0 bridgehead atoms. The Bertz CT molecular complexity index is 1280. The molecule has 2 aliphatic heterocycles. The Hall–Kier alpha value is -3.30. The molecule has 9 heteroatoms. The van der Waals surface area contributed by atoms with Gasteiger partial charge in [0, 0.05) is 31.3 Å². The Kier molecular flexibility index (Phi) is 6.18. The van der Waals surface area contributed by atoms with Crippen molar-refractivity contribution < 1.29 is 14.3 Å². The summed E-state index contributed by atoms with van der Waals surface area (Å²) >= 11 is 0. The SMILES string of the molecule is CNC(=O)c1cccc(-c2ccc3c(N4CCOC[C@@H]4C)nc(N4CCO[C@@H]5CCC[C@@H]54)nc3n2)c1. The van der Waals surface area contributed by atoms with Gasteiger partial charge >= 0.3 is 0 Å². The Morgan fingerprint density at radius 2 is 1.94 bits per heavy atom. The molecule has 1 amide bonds. The molecule has 1 N–H and O–H groups in total. The van der Waals surface area contributed by atoms with Crippen molar-refractivity contribution in [2.24, 2.45) is 0 Å². The maximum Gasteiger partial charge on any atom is 0.251 e. The lowest BCUT2D eigenvalue weighted by molar-refractivity contribution is 0.0250. The number of rotatable bonds is 4. The molecular formula is C27H32N6O3. The zero-order valence-corrected chi connectivity index (χ0v) is 20.8. The van der Waals surface area contributed by atoms with E-state index in [9.17, 15) is 4.79 Å². The first kappa shape index (κ1) is 23.1. The Morgan fingerprint density at radius 1 is 1.06 bits per heavy atom. The second kappa shape index (κ2) is 9.63. The van der Waals surface area contributed by atoms with Crippen LogP contribution < -0.4 is 15.1 Å². The second-order valence-corrected chi connectivity index (χ2v) is 9.79. The molecule has 1 aliphatic carbocycles. The van der Waals surface area contributed by atoms with Gasteiger partial charge in [0.25, 0.3) is 5.91 Å². The minimum Gasteiger partial charge on any atom is -0.377 e. The average Bonchev–Trinajstić information content (AvgIpc) is 3.41. The van der Waals surface area contributed by atoms with E-state index in [-0.39, 0.29) is 18.1 Å². The van der Waals surface area contributed by atoms with E-state index in [1.807, 2.05) is 24.3 Å². The van der Waals surface area contributed by atoms with E-state index >= 15 is 0 Å². The quantitative estimate of drug-likeness (QED) is 0.599. The Balaban J connectivity index is 1.47. The van der Waals surface area contributed by atoms with E-state index in [1.54, 1.807) is 13.1 Å². The van der Waals surface area contributed by atoms with E-state index in [0.717, 1.165) is 60.8 Å². The molecule has 3 aliphatic rings. The molecule has 3 aromatic rings. The summed E-state index contributed by atoms with van der Waals surface area (Å²) in [6.07, 6.45) is 3.59. The number of hydrogen-bond donors (Lipinski definition) is 1. The molecule has 9 nitrogen and oxygen atoms in total. The van der Waals surface area contributed by atoms with Crippen molar-refractivity contribution in [3.05, 3.63) is 42.0 Å². The largest absolute Gasteiger partial charge is 0.377 e. The molecule has 36 heavy (non-hydrogen) atoms. The Labute approximate surface area is 210 Å². The van der Waals surface area contributed by atoms with Gasteiger partial charge in [-0.3, -0.25) is 4.79 Å². The lowest BCUT2D eigenvalue weighted by Crippen LogP contribution is -2.49. The van der Waals surface area contributed by atoms with Crippen LogP contribution in [-0.2, 0) is 9.47 Å². The summed E-state index contributed by atoms with van der Waals surface area (Å²) in [6, 6.07) is 12.1. The van der Waals surface area contributed by atoms with Crippen LogP contribution in [0.1, 0.15) is 36.5 Å². The minimum absolute atomic E-state index is 0.121. The number of aromatic nitrogens is 3. The van der Waals surface area contributed by atoms with Gasteiger partial charge < -0.3 is 24.6 Å². The van der Waals surface area contributed by atoms with Crippen LogP contribution in [-0.4, -0.2) is 79.0 Å². The predicted molar refractivity (Wildman–Crippen MR) is 139 cm³/mol. The maximum atomic E-state index is 12.2. The fourth-order valence-electron chi connectivity index (χ4n) is 5.67. The van der Waals surface area contributed by atoms with Gasteiger partial charge in [-0.25, -0.2) is 4.98 Å². The van der Waals surface area contributed by atoms with E-state index in [0.29, 0.717) is 37.1 Å². The standard InChI is InChI=1S/C27H32N6O3/c1-17-16-35-13-11-32(17)25-20-9-10-21(18-5-3-6-19(15-18)26(34)28-2)29-24(20)30-27(31-25)33-12-14-36-23-8-4-7-22(23)33/h3,5-6,9-10,15,17,22-23H,4,7-8,11-14,16H2,1-2H3,(H,28,34)/t17-,22-,23+/m0/s1. The van der Waals surface area contributed by atoms with Crippen LogP contribution in [0.15, 0.2) is 36.4 Å². The normalized spacial score (nSPS) is 24.1. The second-order valence-electron chi connectivity index (χ2n) is 9.79. The molecule has 1 aromatic carbocycles. The number of anilines is 2. The molecule has 6 rings (SSSR count). The number of amides is 1. The maximum absolute atomic E-state index is 12.2. The van der Waals surface area contributed by atoms with E-state index in [1.165, 1.54) is 0 Å². The number of nitrogens with zero attached hydrogens (tertiary/aromatic N) is 5. The minimum atomic E-state index is -0.121. The molecule has 0 radical (unpaired) electrons.